The Morgan fingerprint density at radius 2 is 1.79 bits per heavy atom. The summed E-state index contributed by atoms with van der Waals surface area (Å²) in [5.74, 6) is -0.107. The Bertz CT molecular complexity index is 841. The Balaban J connectivity index is 1.98. The fourth-order valence-electron chi connectivity index (χ4n) is 2.33. The number of pyridine rings is 1. The largest absolute Gasteiger partial charge is 0.288 e. The minimum Gasteiger partial charge on any atom is -0.288 e. The monoisotopic (exact) mass is 340 g/mol. The molecule has 0 saturated carbocycles. The summed E-state index contributed by atoms with van der Waals surface area (Å²) in [6.45, 7) is 0.198. The minimum absolute atomic E-state index is 0.198. The van der Waals surface area contributed by atoms with E-state index in [0.717, 1.165) is 0 Å². The van der Waals surface area contributed by atoms with E-state index in [1.54, 1.807) is 54.7 Å². The number of nitrogens with zero attached hydrogens (tertiary/aromatic N) is 2. The molecule has 1 amide bonds. The van der Waals surface area contributed by atoms with E-state index < -0.39 is 5.82 Å². The van der Waals surface area contributed by atoms with Crippen LogP contribution in [0.25, 0.3) is 0 Å². The fourth-order valence-corrected chi connectivity index (χ4v) is 2.55. The molecule has 2 aromatic carbocycles. The molecular formula is C19H14ClFN2O. The maximum atomic E-state index is 13.3. The highest BCUT2D eigenvalue weighted by Crippen LogP contribution is 2.23. The van der Waals surface area contributed by atoms with Crippen molar-refractivity contribution < 1.29 is 9.18 Å². The molecule has 0 spiro atoms. The van der Waals surface area contributed by atoms with Gasteiger partial charge in [0.1, 0.15) is 11.6 Å². The average Bonchev–Trinajstić information content (AvgIpc) is 2.62. The fraction of sp³-hybridized carbons (Fsp3) is 0.0526. The van der Waals surface area contributed by atoms with Gasteiger partial charge in [-0.3, -0.25) is 9.69 Å². The van der Waals surface area contributed by atoms with E-state index in [2.05, 4.69) is 4.98 Å². The summed E-state index contributed by atoms with van der Waals surface area (Å²) in [6, 6.07) is 18.4. The van der Waals surface area contributed by atoms with Crippen LogP contribution in [0.4, 0.5) is 10.2 Å². The molecule has 5 heteroatoms. The zero-order chi connectivity index (χ0) is 16.9. The van der Waals surface area contributed by atoms with Gasteiger partial charge >= 0.3 is 0 Å². The molecule has 0 saturated heterocycles. The lowest BCUT2D eigenvalue weighted by molar-refractivity contribution is 0.0984. The van der Waals surface area contributed by atoms with Gasteiger partial charge in [-0.25, -0.2) is 9.37 Å². The first-order chi connectivity index (χ1) is 11.6. The smallest absolute Gasteiger partial charge is 0.259 e. The van der Waals surface area contributed by atoms with Gasteiger partial charge in [-0.15, -0.1) is 0 Å². The van der Waals surface area contributed by atoms with Gasteiger partial charge in [0.25, 0.3) is 5.91 Å². The molecule has 0 aliphatic rings. The number of aromatic nitrogens is 1. The van der Waals surface area contributed by atoms with Crippen LogP contribution < -0.4 is 4.90 Å². The standard InChI is InChI=1S/C19H14ClFN2O/c20-17-12-16(21)10-9-15(17)13-23(18-8-4-5-11-22-18)19(24)14-6-2-1-3-7-14/h1-12H,13H2. The van der Waals surface area contributed by atoms with E-state index in [9.17, 15) is 9.18 Å². The molecule has 0 N–H and O–H groups in total. The van der Waals surface area contributed by atoms with Crippen LogP contribution in [-0.2, 0) is 6.54 Å². The Morgan fingerprint density at radius 1 is 1.04 bits per heavy atom. The van der Waals surface area contributed by atoms with Gasteiger partial charge in [0.05, 0.1) is 6.54 Å². The highest BCUT2D eigenvalue weighted by Gasteiger charge is 2.20. The third-order valence-corrected chi connectivity index (χ3v) is 3.89. The van der Waals surface area contributed by atoms with Gasteiger partial charge in [0, 0.05) is 16.8 Å². The summed E-state index contributed by atoms with van der Waals surface area (Å²) in [6.07, 6.45) is 1.62. The third kappa shape index (κ3) is 3.60. The van der Waals surface area contributed by atoms with E-state index in [0.29, 0.717) is 16.9 Å². The first-order valence-corrected chi connectivity index (χ1v) is 7.75. The lowest BCUT2D eigenvalue weighted by atomic mass is 10.1. The molecule has 0 fully saturated rings. The topological polar surface area (TPSA) is 33.2 Å². The van der Waals surface area contributed by atoms with Crippen LogP contribution in [0.1, 0.15) is 15.9 Å². The van der Waals surface area contributed by atoms with Crippen molar-refractivity contribution in [2.45, 2.75) is 6.54 Å². The zero-order valence-corrected chi connectivity index (χ0v) is 13.4. The molecule has 3 nitrogen and oxygen atoms in total. The second-order valence-corrected chi connectivity index (χ2v) is 5.59. The van der Waals surface area contributed by atoms with Crippen LogP contribution in [-0.4, -0.2) is 10.9 Å². The van der Waals surface area contributed by atoms with E-state index in [1.165, 1.54) is 17.0 Å². The van der Waals surface area contributed by atoms with Crippen molar-refractivity contribution in [1.82, 2.24) is 4.98 Å². The molecule has 0 bridgehead atoms. The molecule has 0 atom stereocenters. The van der Waals surface area contributed by atoms with E-state index >= 15 is 0 Å². The van der Waals surface area contributed by atoms with Crippen molar-refractivity contribution in [2.75, 3.05) is 4.90 Å². The average molecular weight is 341 g/mol. The molecule has 120 valence electrons. The number of carbonyl (C=O) groups is 1. The van der Waals surface area contributed by atoms with Gasteiger partial charge in [-0.05, 0) is 42.0 Å². The molecule has 24 heavy (non-hydrogen) atoms. The number of amides is 1. The molecule has 1 aromatic heterocycles. The van der Waals surface area contributed by atoms with Gasteiger partial charge in [0.15, 0.2) is 0 Å². The third-order valence-electron chi connectivity index (χ3n) is 3.54. The van der Waals surface area contributed by atoms with Crippen molar-refractivity contribution in [3.8, 4) is 0 Å². The molecule has 0 unspecified atom stereocenters. The number of carbonyl (C=O) groups excluding carboxylic acids is 1. The Kier molecular flexibility index (Phi) is 4.87. The molecule has 3 rings (SSSR count). The van der Waals surface area contributed by atoms with Crippen LogP contribution >= 0.6 is 11.6 Å². The summed E-state index contributed by atoms with van der Waals surface area (Å²) in [5.41, 5.74) is 1.19. The zero-order valence-electron chi connectivity index (χ0n) is 12.7. The van der Waals surface area contributed by atoms with Crippen molar-refractivity contribution in [1.29, 1.82) is 0 Å². The number of rotatable bonds is 4. The quantitative estimate of drug-likeness (QED) is 0.688. The second kappa shape index (κ2) is 7.23. The van der Waals surface area contributed by atoms with Gasteiger partial charge in [-0.2, -0.15) is 0 Å². The molecular weight excluding hydrogens is 327 g/mol. The summed E-state index contributed by atoms with van der Waals surface area (Å²) in [4.78, 5) is 18.7. The second-order valence-electron chi connectivity index (χ2n) is 5.18. The summed E-state index contributed by atoms with van der Waals surface area (Å²) < 4.78 is 13.3. The van der Waals surface area contributed by atoms with Crippen LogP contribution in [0.3, 0.4) is 0 Å². The van der Waals surface area contributed by atoms with Crippen LogP contribution in [0.15, 0.2) is 72.9 Å². The van der Waals surface area contributed by atoms with Gasteiger partial charge in [0.2, 0.25) is 0 Å². The summed E-state index contributed by atoms with van der Waals surface area (Å²) in [7, 11) is 0. The van der Waals surface area contributed by atoms with Crippen molar-refractivity contribution in [3.63, 3.8) is 0 Å². The maximum absolute atomic E-state index is 13.3. The first-order valence-electron chi connectivity index (χ1n) is 7.37. The van der Waals surface area contributed by atoms with E-state index in [4.69, 9.17) is 11.6 Å². The maximum Gasteiger partial charge on any atom is 0.259 e. The van der Waals surface area contributed by atoms with E-state index in [-0.39, 0.29) is 17.5 Å². The molecule has 0 aliphatic heterocycles. The number of anilines is 1. The lowest BCUT2D eigenvalue weighted by Gasteiger charge is -2.22. The number of hydrogen-bond acceptors (Lipinski definition) is 2. The van der Waals surface area contributed by atoms with E-state index in [1.807, 2.05) is 6.07 Å². The molecule has 0 radical (unpaired) electrons. The predicted molar refractivity (Wildman–Crippen MR) is 92.6 cm³/mol. The molecule has 1 heterocycles. The Hall–Kier alpha value is -2.72. The van der Waals surface area contributed by atoms with Crippen molar-refractivity contribution >= 4 is 23.3 Å². The van der Waals surface area contributed by atoms with Crippen LogP contribution in [0, 0.1) is 5.82 Å². The number of hydrogen-bond donors (Lipinski definition) is 0. The predicted octanol–water partition coefficient (Wildman–Crippen LogP) is 4.72. The Labute approximate surface area is 144 Å². The SMILES string of the molecule is O=C(c1ccccc1)N(Cc1ccc(F)cc1Cl)c1ccccn1. The van der Waals surface area contributed by atoms with Crippen LogP contribution in [0.2, 0.25) is 5.02 Å². The minimum atomic E-state index is -0.414. The summed E-state index contributed by atoms with van der Waals surface area (Å²) >= 11 is 6.11. The number of benzene rings is 2. The Morgan fingerprint density at radius 3 is 2.46 bits per heavy atom. The van der Waals surface area contributed by atoms with Gasteiger partial charge in [-0.1, -0.05) is 41.9 Å². The first kappa shape index (κ1) is 16.1. The highest BCUT2D eigenvalue weighted by atomic mass is 35.5. The number of halogens is 2. The van der Waals surface area contributed by atoms with Crippen LogP contribution in [0.5, 0.6) is 0 Å². The van der Waals surface area contributed by atoms with Crippen molar-refractivity contribution in [3.05, 3.63) is 94.9 Å². The highest BCUT2D eigenvalue weighted by molar-refractivity contribution is 6.31. The van der Waals surface area contributed by atoms with Gasteiger partial charge < -0.3 is 0 Å². The lowest BCUT2D eigenvalue weighted by Crippen LogP contribution is -2.31. The molecule has 3 aromatic rings. The summed E-state index contributed by atoms with van der Waals surface area (Å²) in [5, 5.41) is 0.275. The van der Waals surface area contributed by atoms with Crippen molar-refractivity contribution in [2.24, 2.45) is 0 Å². The normalized spacial score (nSPS) is 10.4. The molecule has 0 aliphatic carbocycles.